The summed E-state index contributed by atoms with van der Waals surface area (Å²) in [6.07, 6.45) is 3.22. The van der Waals surface area contributed by atoms with Crippen LogP contribution in [0.1, 0.15) is 48.5 Å². The van der Waals surface area contributed by atoms with E-state index in [1.54, 1.807) is 11.0 Å². The number of halogens is 1. The second kappa shape index (κ2) is 7.24. The number of aliphatic hydroxyl groups is 1. The number of likely N-dealkylation sites (tertiary alicyclic amines) is 1. The Morgan fingerprint density at radius 2 is 2.33 bits per heavy atom. The Hall–Kier alpha value is -1.86. The van der Waals surface area contributed by atoms with Gasteiger partial charge >= 0.3 is 0 Å². The van der Waals surface area contributed by atoms with Gasteiger partial charge in [0, 0.05) is 24.6 Å². The van der Waals surface area contributed by atoms with Crippen LogP contribution >= 0.6 is 0 Å². The van der Waals surface area contributed by atoms with Gasteiger partial charge in [0.25, 0.3) is 5.91 Å². The molecule has 3 nitrogen and oxygen atoms in total. The zero-order valence-electron chi connectivity index (χ0n) is 12.2. The van der Waals surface area contributed by atoms with Crippen molar-refractivity contribution in [3.63, 3.8) is 0 Å². The molecule has 0 aliphatic carbocycles. The lowest BCUT2D eigenvalue weighted by Gasteiger charge is -2.24. The van der Waals surface area contributed by atoms with Crippen molar-refractivity contribution in [1.29, 1.82) is 0 Å². The molecule has 1 atom stereocenters. The van der Waals surface area contributed by atoms with E-state index in [2.05, 4.69) is 11.8 Å². The van der Waals surface area contributed by atoms with Crippen molar-refractivity contribution in [2.24, 2.45) is 0 Å². The van der Waals surface area contributed by atoms with Crippen molar-refractivity contribution in [2.45, 2.75) is 38.6 Å². The van der Waals surface area contributed by atoms with Crippen LogP contribution in [0.2, 0.25) is 0 Å². The zero-order valence-corrected chi connectivity index (χ0v) is 12.2. The first-order valence-corrected chi connectivity index (χ1v) is 7.37. The van der Waals surface area contributed by atoms with Crippen molar-refractivity contribution in [3.05, 3.63) is 35.1 Å². The fraction of sp³-hybridized carbons (Fsp3) is 0.471. The van der Waals surface area contributed by atoms with Gasteiger partial charge in [0.05, 0.1) is 12.2 Å². The minimum absolute atomic E-state index is 0.00800. The van der Waals surface area contributed by atoms with Crippen molar-refractivity contribution < 1.29 is 14.3 Å². The lowest BCUT2D eigenvalue weighted by Crippen LogP contribution is -2.35. The number of aliphatic hydroxyl groups excluding tert-OH is 1. The molecule has 1 N–H and O–H groups in total. The molecule has 0 saturated carbocycles. The van der Waals surface area contributed by atoms with Gasteiger partial charge < -0.3 is 10.0 Å². The van der Waals surface area contributed by atoms with E-state index in [1.165, 1.54) is 12.1 Å². The van der Waals surface area contributed by atoms with Crippen LogP contribution in [-0.4, -0.2) is 35.1 Å². The summed E-state index contributed by atoms with van der Waals surface area (Å²) in [6.45, 7) is 2.73. The number of amides is 1. The maximum absolute atomic E-state index is 14.0. The van der Waals surface area contributed by atoms with Gasteiger partial charge in [-0.15, -0.1) is 0 Å². The summed E-state index contributed by atoms with van der Waals surface area (Å²) < 4.78 is 14.0. The second-order valence-corrected chi connectivity index (χ2v) is 5.17. The number of carbonyl (C=O) groups excluding carboxylic acids is 1. The molecular weight excluding hydrogens is 269 g/mol. The number of nitrogens with zero attached hydrogens (tertiary/aromatic N) is 1. The van der Waals surface area contributed by atoms with Gasteiger partial charge in [0.2, 0.25) is 0 Å². The molecule has 0 aromatic heterocycles. The summed E-state index contributed by atoms with van der Waals surface area (Å²) in [6, 6.07) is 4.55. The normalized spacial score (nSPS) is 17.5. The van der Waals surface area contributed by atoms with E-state index in [9.17, 15) is 9.18 Å². The topological polar surface area (TPSA) is 40.5 Å². The van der Waals surface area contributed by atoms with Crippen LogP contribution in [0.15, 0.2) is 18.2 Å². The highest BCUT2D eigenvalue weighted by atomic mass is 19.1. The third kappa shape index (κ3) is 3.62. The van der Waals surface area contributed by atoms with Crippen molar-refractivity contribution >= 4 is 5.91 Å². The Morgan fingerprint density at radius 3 is 3.05 bits per heavy atom. The molecule has 1 fully saturated rings. The summed E-state index contributed by atoms with van der Waals surface area (Å²) in [5.41, 5.74) is 0.687. The molecule has 1 aromatic carbocycles. The largest absolute Gasteiger partial charge is 0.395 e. The van der Waals surface area contributed by atoms with Gasteiger partial charge in [-0.2, -0.15) is 0 Å². The van der Waals surface area contributed by atoms with Crippen molar-refractivity contribution in [1.82, 2.24) is 4.90 Å². The lowest BCUT2D eigenvalue weighted by atomic mass is 10.1. The molecule has 1 aliphatic heterocycles. The summed E-state index contributed by atoms with van der Waals surface area (Å²) in [5.74, 6) is 4.86. The van der Waals surface area contributed by atoms with E-state index >= 15 is 0 Å². The van der Waals surface area contributed by atoms with Gasteiger partial charge in [-0.1, -0.05) is 18.8 Å². The van der Waals surface area contributed by atoms with Gasteiger partial charge in [-0.05, 0) is 37.5 Å². The Bertz CT molecular complexity index is 574. The number of rotatable bonds is 3. The average Bonchev–Trinajstić information content (AvgIpc) is 2.97. The highest BCUT2D eigenvalue weighted by molar-refractivity contribution is 5.95. The van der Waals surface area contributed by atoms with Gasteiger partial charge in [0.1, 0.15) is 5.82 Å². The molecule has 4 heteroatoms. The standard InChI is InChI=1S/C17H20FNO2/c1-2-14-7-5-10-19(14)17(21)15-12-13(6-3-4-11-20)8-9-16(15)18/h8-9,12,14,20H,2,4-5,7,10-11H2,1H3. The van der Waals surface area contributed by atoms with E-state index < -0.39 is 5.82 Å². The summed E-state index contributed by atoms with van der Waals surface area (Å²) in [5, 5.41) is 8.71. The van der Waals surface area contributed by atoms with Crippen LogP contribution in [0, 0.1) is 17.7 Å². The van der Waals surface area contributed by atoms with E-state index in [1.807, 2.05) is 6.92 Å². The van der Waals surface area contributed by atoms with Gasteiger partial charge in [-0.3, -0.25) is 4.79 Å². The van der Waals surface area contributed by atoms with Crippen LogP contribution in [0.25, 0.3) is 0 Å². The fourth-order valence-electron chi connectivity index (χ4n) is 2.67. The van der Waals surface area contributed by atoms with E-state index in [4.69, 9.17) is 5.11 Å². The molecule has 1 heterocycles. The summed E-state index contributed by atoms with van der Waals surface area (Å²) >= 11 is 0. The van der Waals surface area contributed by atoms with E-state index in [-0.39, 0.29) is 24.1 Å². The lowest BCUT2D eigenvalue weighted by molar-refractivity contribution is 0.0729. The maximum atomic E-state index is 14.0. The zero-order chi connectivity index (χ0) is 15.2. The number of carbonyl (C=O) groups is 1. The monoisotopic (exact) mass is 289 g/mol. The molecule has 21 heavy (non-hydrogen) atoms. The predicted molar refractivity (Wildman–Crippen MR) is 79.3 cm³/mol. The Kier molecular flexibility index (Phi) is 5.35. The minimum atomic E-state index is -0.505. The predicted octanol–water partition coefficient (Wildman–Crippen LogP) is 2.57. The number of hydrogen-bond donors (Lipinski definition) is 1. The molecule has 0 spiro atoms. The molecule has 1 unspecified atom stereocenters. The molecule has 1 aliphatic rings. The first-order chi connectivity index (χ1) is 10.2. The van der Waals surface area contributed by atoms with Gasteiger partial charge in [0.15, 0.2) is 0 Å². The molecule has 1 aromatic rings. The fourth-order valence-corrected chi connectivity index (χ4v) is 2.67. The SMILES string of the molecule is CCC1CCCN1C(=O)c1cc(C#CCCO)ccc1F. The molecule has 0 bridgehead atoms. The molecule has 1 amide bonds. The first-order valence-electron chi connectivity index (χ1n) is 7.37. The van der Waals surface area contributed by atoms with Crippen LogP contribution in [0.4, 0.5) is 4.39 Å². The molecular formula is C17H20FNO2. The first kappa shape index (κ1) is 15.5. The Balaban J connectivity index is 2.24. The summed E-state index contributed by atoms with van der Waals surface area (Å²) in [4.78, 5) is 14.3. The Morgan fingerprint density at radius 1 is 1.52 bits per heavy atom. The highest BCUT2D eigenvalue weighted by Gasteiger charge is 2.29. The third-order valence-corrected chi connectivity index (χ3v) is 3.78. The molecule has 1 saturated heterocycles. The molecule has 2 rings (SSSR count). The van der Waals surface area contributed by atoms with Crippen LogP contribution in [-0.2, 0) is 0 Å². The van der Waals surface area contributed by atoms with Gasteiger partial charge in [-0.25, -0.2) is 4.39 Å². The molecule has 112 valence electrons. The Labute approximate surface area is 124 Å². The van der Waals surface area contributed by atoms with E-state index in [0.717, 1.165) is 19.3 Å². The average molecular weight is 289 g/mol. The number of benzene rings is 1. The van der Waals surface area contributed by atoms with E-state index in [0.29, 0.717) is 18.5 Å². The van der Waals surface area contributed by atoms with Crippen LogP contribution in [0.5, 0.6) is 0 Å². The minimum Gasteiger partial charge on any atom is -0.395 e. The van der Waals surface area contributed by atoms with Crippen LogP contribution in [0.3, 0.4) is 0 Å². The highest BCUT2D eigenvalue weighted by Crippen LogP contribution is 2.23. The number of hydrogen-bond acceptors (Lipinski definition) is 2. The second-order valence-electron chi connectivity index (χ2n) is 5.17. The van der Waals surface area contributed by atoms with Crippen LogP contribution < -0.4 is 0 Å². The quantitative estimate of drug-likeness (QED) is 0.869. The summed E-state index contributed by atoms with van der Waals surface area (Å²) in [7, 11) is 0. The van der Waals surface area contributed by atoms with Crippen molar-refractivity contribution in [3.8, 4) is 11.8 Å². The molecule has 0 radical (unpaired) electrons. The maximum Gasteiger partial charge on any atom is 0.257 e. The third-order valence-electron chi connectivity index (χ3n) is 3.78. The smallest absolute Gasteiger partial charge is 0.257 e. The van der Waals surface area contributed by atoms with Crippen molar-refractivity contribution in [2.75, 3.05) is 13.2 Å².